The molecule has 0 amide bonds. The minimum atomic E-state index is -0.0967. The van der Waals surface area contributed by atoms with Crippen LogP contribution in [0.2, 0.25) is 0 Å². The largest absolute Gasteiger partial charge is 0.507 e. The van der Waals surface area contributed by atoms with Crippen molar-refractivity contribution >= 4 is 11.5 Å². The van der Waals surface area contributed by atoms with Gasteiger partial charge in [-0.2, -0.15) is 0 Å². The van der Waals surface area contributed by atoms with Crippen molar-refractivity contribution in [2.45, 2.75) is 52.1 Å². The van der Waals surface area contributed by atoms with E-state index in [0.29, 0.717) is 17.6 Å². The predicted molar refractivity (Wildman–Crippen MR) is 73.4 cm³/mol. The SMILES string of the molecule is CCC1CCC(C)N1c1ccc(C(C)=O)c(O)c1. The molecule has 1 fully saturated rings. The number of phenols is 1. The molecule has 2 atom stereocenters. The first-order valence-electron chi connectivity index (χ1n) is 6.66. The predicted octanol–water partition coefficient (Wildman–Crippen LogP) is 3.36. The van der Waals surface area contributed by atoms with Crippen LogP contribution in [0.1, 0.15) is 50.4 Å². The van der Waals surface area contributed by atoms with E-state index in [2.05, 4.69) is 18.7 Å². The topological polar surface area (TPSA) is 40.5 Å². The average Bonchev–Trinajstić information content (AvgIpc) is 2.69. The highest BCUT2D eigenvalue weighted by Crippen LogP contribution is 2.34. The number of phenolic OH excluding ortho intramolecular Hbond substituents is 1. The van der Waals surface area contributed by atoms with Crippen LogP contribution in [0.4, 0.5) is 5.69 Å². The van der Waals surface area contributed by atoms with Gasteiger partial charge in [0.1, 0.15) is 5.75 Å². The summed E-state index contributed by atoms with van der Waals surface area (Å²) in [5.41, 5.74) is 1.42. The third kappa shape index (κ3) is 2.22. The number of rotatable bonds is 3. The summed E-state index contributed by atoms with van der Waals surface area (Å²) in [6, 6.07) is 6.44. The van der Waals surface area contributed by atoms with Crippen LogP contribution >= 0.6 is 0 Å². The maximum Gasteiger partial charge on any atom is 0.163 e. The summed E-state index contributed by atoms with van der Waals surface area (Å²) in [5.74, 6) is -0.00508. The molecule has 0 spiro atoms. The van der Waals surface area contributed by atoms with Crippen LogP contribution in [0.5, 0.6) is 5.75 Å². The Kier molecular flexibility index (Phi) is 3.60. The lowest BCUT2D eigenvalue weighted by Crippen LogP contribution is -2.34. The molecule has 98 valence electrons. The van der Waals surface area contributed by atoms with E-state index in [4.69, 9.17) is 0 Å². The Morgan fingerprint density at radius 1 is 1.44 bits per heavy atom. The monoisotopic (exact) mass is 247 g/mol. The molecular weight excluding hydrogens is 226 g/mol. The molecule has 1 N–H and O–H groups in total. The van der Waals surface area contributed by atoms with E-state index in [-0.39, 0.29) is 11.5 Å². The zero-order chi connectivity index (χ0) is 13.3. The number of ketones is 1. The molecule has 1 aliphatic heterocycles. The Hall–Kier alpha value is -1.51. The van der Waals surface area contributed by atoms with E-state index in [1.165, 1.54) is 19.8 Å². The Morgan fingerprint density at radius 2 is 2.17 bits per heavy atom. The number of hydrogen-bond donors (Lipinski definition) is 1. The van der Waals surface area contributed by atoms with Gasteiger partial charge in [0.15, 0.2) is 5.78 Å². The van der Waals surface area contributed by atoms with Gasteiger partial charge in [-0.3, -0.25) is 4.79 Å². The molecule has 0 radical (unpaired) electrons. The smallest absolute Gasteiger partial charge is 0.163 e. The molecule has 2 unspecified atom stereocenters. The van der Waals surface area contributed by atoms with Crippen molar-refractivity contribution < 1.29 is 9.90 Å². The molecule has 0 aromatic heterocycles. The first-order chi connectivity index (χ1) is 8.54. The van der Waals surface area contributed by atoms with Crippen molar-refractivity contribution in [3.8, 4) is 5.75 Å². The summed E-state index contributed by atoms with van der Waals surface area (Å²) in [6.07, 6.45) is 3.50. The molecule has 0 saturated carbocycles. The van der Waals surface area contributed by atoms with Crippen LogP contribution in [0.25, 0.3) is 0 Å². The maximum absolute atomic E-state index is 11.3. The number of carbonyl (C=O) groups is 1. The van der Waals surface area contributed by atoms with Crippen LogP contribution in [0.15, 0.2) is 18.2 Å². The van der Waals surface area contributed by atoms with Gasteiger partial charge in [-0.15, -0.1) is 0 Å². The number of Topliss-reactive ketones (excluding diaryl/α,β-unsaturated/α-hetero) is 1. The molecule has 1 aliphatic rings. The first-order valence-corrected chi connectivity index (χ1v) is 6.66. The van der Waals surface area contributed by atoms with E-state index < -0.39 is 0 Å². The molecule has 3 nitrogen and oxygen atoms in total. The summed E-state index contributed by atoms with van der Waals surface area (Å²) in [7, 11) is 0. The van der Waals surface area contributed by atoms with E-state index >= 15 is 0 Å². The highest BCUT2D eigenvalue weighted by Gasteiger charge is 2.29. The quantitative estimate of drug-likeness (QED) is 0.833. The van der Waals surface area contributed by atoms with Crippen LogP contribution in [-0.2, 0) is 0 Å². The zero-order valence-electron chi connectivity index (χ0n) is 11.3. The second-order valence-electron chi connectivity index (χ2n) is 5.15. The van der Waals surface area contributed by atoms with Gasteiger partial charge in [-0.25, -0.2) is 0 Å². The number of benzene rings is 1. The summed E-state index contributed by atoms with van der Waals surface area (Å²) in [4.78, 5) is 13.7. The fraction of sp³-hybridized carbons (Fsp3) is 0.533. The Labute approximate surface area is 108 Å². The molecule has 2 rings (SSSR count). The fourth-order valence-electron chi connectivity index (χ4n) is 2.92. The van der Waals surface area contributed by atoms with Gasteiger partial charge in [0.2, 0.25) is 0 Å². The van der Waals surface area contributed by atoms with Gasteiger partial charge in [-0.1, -0.05) is 6.92 Å². The van der Waals surface area contributed by atoms with Crippen molar-refractivity contribution in [3.05, 3.63) is 23.8 Å². The van der Waals surface area contributed by atoms with Crippen molar-refractivity contribution in [1.82, 2.24) is 0 Å². The van der Waals surface area contributed by atoms with E-state index in [9.17, 15) is 9.90 Å². The molecule has 0 bridgehead atoms. The van der Waals surface area contributed by atoms with Crippen molar-refractivity contribution in [2.24, 2.45) is 0 Å². The van der Waals surface area contributed by atoms with Crippen molar-refractivity contribution in [1.29, 1.82) is 0 Å². The van der Waals surface area contributed by atoms with E-state index in [1.807, 2.05) is 6.07 Å². The van der Waals surface area contributed by atoms with Gasteiger partial charge < -0.3 is 10.0 Å². The van der Waals surface area contributed by atoms with Crippen LogP contribution < -0.4 is 4.90 Å². The fourth-order valence-corrected chi connectivity index (χ4v) is 2.92. The zero-order valence-corrected chi connectivity index (χ0v) is 11.3. The standard InChI is InChI=1S/C15H21NO2/c1-4-12-6-5-10(2)16(12)13-7-8-14(11(3)17)15(18)9-13/h7-10,12,18H,4-6H2,1-3H3. The van der Waals surface area contributed by atoms with Crippen molar-refractivity contribution in [3.63, 3.8) is 0 Å². The summed E-state index contributed by atoms with van der Waals surface area (Å²) in [5, 5.41) is 9.92. The number of aromatic hydroxyl groups is 1. The molecule has 18 heavy (non-hydrogen) atoms. The molecule has 0 aliphatic carbocycles. The van der Waals surface area contributed by atoms with E-state index in [1.54, 1.807) is 12.1 Å². The lowest BCUT2D eigenvalue weighted by molar-refractivity contribution is 0.101. The van der Waals surface area contributed by atoms with E-state index in [0.717, 1.165) is 12.1 Å². The minimum absolute atomic E-state index is 0.0916. The summed E-state index contributed by atoms with van der Waals surface area (Å²) >= 11 is 0. The molecular formula is C15H21NO2. The lowest BCUT2D eigenvalue weighted by atomic mass is 10.1. The highest BCUT2D eigenvalue weighted by atomic mass is 16.3. The molecule has 1 aromatic rings. The number of nitrogens with zero attached hydrogens (tertiary/aromatic N) is 1. The first kappa shape index (κ1) is 12.9. The summed E-state index contributed by atoms with van der Waals surface area (Å²) in [6.45, 7) is 5.88. The van der Waals surface area contributed by atoms with Crippen LogP contribution in [-0.4, -0.2) is 23.0 Å². The van der Waals surface area contributed by atoms with Gasteiger partial charge in [0.25, 0.3) is 0 Å². The van der Waals surface area contributed by atoms with Crippen molar-refractivity contribution in [2.75, 3.05) is 4.90 Å². The Balaban J connectivity index is 2.33. The van der Waals surface area contributed by atoms with Gasteiger partial charge in [0, 0.05) is 23.8 Å². The molecule has 1 saturated heterocycles. The second kappa shape index (κ2) is 5.01. The van der Waals surface area contributed by atoms with Gasteiger partial charge in [0.05, 0.1) is 5.56 Å². The Bertz CT molecular complexity index is 456. The van der Waals surface area contributed by atoms with Gasteiger partial charge in [-0.05, 0) is 45.2 Å². The van der Waals surface area contributed by atoms with Crippen LogP contribution in [0.3, 0.4) is 0 Å². The number of hydrogen-bond acceptors (Lipinski definition) is 3. The third-order valence-electron chi connectivity index (χ3n) is 3.92. The highest BCUT2D eigenvalue weighted by molar-refractivity contribution is 5.97. The number of carbonyl (C=O) groups excluding carboxylic acids is 1. The molecule has 1 aromatic carbocycles. The second-order valence-corrected chi connectivity index (χ2v) is 5.15. The normalized spacial score (nSPS) is 23.4. The lowest BCUT2D eigenvalue weighted by Gasteiger charge is -2.30. The number of anilines is 1. The average molecular weight is 247 g/mol. The third-order valence-corrected chi connectivity index (χ3v) is 3.92. The van der Waals surface area contributed by atoms with Gasteiger partial charge >= 0.3 is 0 Å². The maximum atomic E-state index is 11.3. The molecule has 3 heteroatoms. The molecule has 1 heterocycles. The minimum Gasteiger partial charge on any atom is -0.507 e. The summed E-state index contributed by atoms with van der Waals surface area (Å²) < 4.78 is 0. The van der Waals surface area contributed by atoms with Crippen LogP contribution in [0, 0.1) is 0 Å². The Morgan fingerprint density at radius 3 is 2.72 bits per heavy atom.